The number of hydrogen-bond acceptors (Lipinski definition) is 9. The third kappa shape index (κ3) is 622. The molecule has 12 nitrogen and oxygen atoms in total. The predicted octanol–water partition coefficient (Wildman–Crippen LogP) is -0.717. The fourth-order valence-electron chi connectivity index (χ4n) is 0. The first-order chi connectivity index (χ1) is 5.20. The summed E-state index contributed by atoms with van der Waals surface area (Å²) in [5.41, 5.74) is 0. The van der Waals surface area contributed by atoms with Crippen LogP contribution in [0.15, 0.2) is 0 Å². The van der Waals surface area contributed by atoms with Gasteiger partial charge < -0.3 is 46.0 Å². The van der Waals surface area contributed by atoms with Gasteiger partial charge in [-0.1, -0.05) is 0 Å². The molecule has 0 amide bonds. The Bertz CT molecular complexity index is 112. The summed E-state index contributed by atoms with van der Waals surface area (Å²) in [5, 5.41) is 44.2. The van der Waals surface area contributed by atoms with Gasteiger partial charge in [-0.15, -0.1) is 0 Å². The van der Waals surface area contributed by atoms with E-state index in [9.17, 15) is 0 Å². The van der Waals surface area contributed by atoms with Gasteiger partial charge in [0.05, 0.1) is 15.3 Å². The normalized spacial score (nSPS) is 5.54. The Balaban J connectivity index is -0.0000000450. The van der Waals surface area contributed by atoms with Gasteiger partial charge in [-0.2, -0.15) is 0 Å². The van der Waals surface area contributed by atoms with Crippen molar-refractivity contribution in [2.24, 2.45) is 0 Å². The molecule has 0 saturated carbocycles. The summed E-state index contributed by atoms with van der Waals surface area (Å²) in [6, 6.07) is 0. The Kier molecular flexibility index (Phi) is 29.7. The predicted molar refractivity (Wildman–Crippen MR) is 31.1 cm³/mol. The first-order valence-electron chi connectivity index (χ1n) is 1.64. The van der Waals surface area contributed by atoms with Gasteiger partial charge in [-0.3, -0.25) is 0 Å². The van der Waals surface area contributed by atoms with Crippen molar-refractivity contribution in [1.82, 2.24) is 0 Å². The van der Waals surface area contributed by atoms with Crippen LogP contribution in [0.2, 0.25) is 0 Å². The van der Waals surface area contributed by atoms with Crippen LogP contribution >= 0.6 is 0 Å². The molecule has 0 heterocycles. The Morgan fingerprint density at radius 1 is 0.538 bits per heavy atom. The first-order valence-corrected chi connectivity index (χ1v) is 1.64. The molecule has 0 fully saturated rings. The van der Waals surface area contributed by atoms with Crippen LogP contribution in [0.3, 0.4) is 0 Å². The van der Waals surface area contributed by atoms with Crippen LogP contribution in [0, 0.1) is 82.8 Å². The molecule has 0 saturated heterocycles. The standard InChI is InChI=1S/3NO3.Tm/c3*2-1(3)4;/q3*-1;+3. The molecular formula is N3O9Tm. The summed E-state index contributed by atoms with van der Waals surface area (Å²) in [6.07, 6.45) is 0. The largest absolute Gasteiger partial charge is 3.00 e. The van der Waals surface area contributed by atoms with Gasteiger partial charge in [0.25, 0.3) is 0 Å². The van der Waals surface area contributed by atoms with Crippen LogP contribution in [0.25, 0.3) is 0 Å². The van der Waals surface area contributed by atoms with Crippen molar-refractivity contribution in [2.45, 2.75) is 0 Å². The van der Waals surface area contributed by atoms with Crippen molar-refractivity contribution < 1.29 is 52.1 Å². The molecule has 0 bridgehead atoms. The molecule has 0 rings (SSSR count). The molecule has 0 aliphatic rings. The molecule has 13 heavy (non-hydrogen) atoms. The second-order valence-electron chi connectivity index (χ2n) is 0.671. The van der Waals surface area contributed by atoms with Gasteiger partial charge in [-0.25, -0.2) is 0 Å². The van der Waals surface area contributed by atoms with E-state index in [4.69, 9.17) is 46.0 Å². The maximum Gasteiger partial charge on any atom is 3.00 e. The van der Waals surface area contributed by atoms with Crippen molar-refractivity contribution in [3.05, 3.63) is 46.0 Å². The van der Waals surface area contributed by atoms with Crippen LogP contribution in [0.4, 0.5) is 0 Å². The third-order valence-corrected chi connectivity index (χ3v) is 0. The van der Waals surface area contributed by atoms with Gasteiger partial charge in [0, 0.05) is 0 Å². The first kappa shape index (κ1) is 22.6. The van der Waals surface area contributed by atoms with E-state index in [-0.39, 0.29) is 36.9 Å². The van der Waals surface area contributed by atoms with Crippen LogP contribution in [0.5, 0.6) is 0 Å². The van der Waals surface area contributed by atoms with Gasteiger partial charge in [0.15, 0.2) is 0 Å². The molecule has 13 heteroatoms. The van der Waals surface area contributed by atoms with Gasteiger partial charge >= 0.3 is 36.9 Å². The fraction of sp³-hybridized carbons (Fsp3) is 0. The molecule has 82 valence electrons. The summed E-state index contributed by atoms with van der Waals surface area (Å²) in [5.74, 6) is 0. The number of hydrogen-bond donors (Lipinski definition) is 0. The van der Waals surface area contributed by atoms with Crippen LogP contribution in [0.1, 0.15) is 0 Å². The SMILES string of the molecule is O=[N+]([O-])[O-].O=[N+]([O-])[O-].O=[N+]([O-])[O-].[Tm+3]. The molecule has 0 radical (unpaired) electrons. The Labute approximate surface area is 97.9 Å². The molecule has 0 N–H and O–H groups in total. The zero-order valence-electron chi connectivity index (χ0n) is 5.29. The topological polar surface area (TPSA) is 199 Å². The van der Waals surface area contributed by atoms with E-state index >= 15 is 0 Å². The van der Waals surface area contributed by atoms with Gasteiger partial charge in [0.1, 0.15) is 0 Å². The second kappa shape index (κ2) is 17.1. The molecule has 0 aliphatic carbocycles. The number of nitrogens with zero attached hydrogens (tertiary/aromatic N) is 3. The van der Waals surface area contributed by atoms with E-state index in [1.807, 2.05) is 0 Å². The zero-order chi connectivity index (χ0) is 10.7. The molecular weight excluding hydrogens is 355 g/mol. The van der Waals surface area contributed by atoms with E-state index in [1.165, 1.54) is 0 Å². The van der Waals surface area contributed by atoms with E-state index in [0.29, 0.717) is 0 Å². The Morgan fingerprint density at radius 3 is 0.538 bits per heavy atom. The maximum atomic E-state index is 8.25. The zero-order valence-corrected chi connectivity index (χ0v) is 7.07. The molecule has 0 aliphatic heterocycles. The minimum atomic E-state index is -1.75. The quantitative estimate of drug-likeness (QED) is 0.397. The third-order valence-electron chi connectivity index (χ3n) is 0. The smallest absolute Gasteiger partial charge is 0.356 e. The van der Waals surface area contributed by atoms with E-state index in [0.717, 1.165) is 0 Å². The molecule has 0 unspecified atom stereocenters. The van der Waals surface area contributed by atoms with Crippen molar-refractivity contribution >= 4 is 0 Å². The monoisotopic (exact) mass is 355 g/mol. The van der Waals surface area contributed by atoms with Gasteiger partial charge in [-0.05, 0) is 0 Å². The van der Waals surface area contributed by atoms with Crippen molar-refractivity contribution in [2.75, 3.05) is 0 Å². The summed E-state index contributed by atoms with van der Waals surface area (Å²) >= 11 is 0. The average Bonchev–Trinajstić information content (AvgIpc) is 1.54. The number of rotatable bonds is 0. The van der Waals surface area contributed by atoms with E-state index in [2.05, 4.69) is 0 Å². The van der Waals surface area contributed by atoms with Crippen LogP contribution in [-0.4, -0.2) is 15.3 Å². The minimum absolute atomic E-state index is 0. The van der Waals surface area contributed by atoms with Crippen molar-refractivity contribution in [1.29, 1.82) is 0 Å². The molecule has 0 spiro atoms. The summed E-state index contributed by atoms with van der Waals surface area (Å²) < 4.78 is 0. The Morgan fingerprint density at radius 2 is 0.538 bits per heavy atom. The summed E-state index contributed by atoms with van der Waals surface area (Å²) in [7, 11) is 0. The van der Waals surface area contributed by atoms with Crippen LogP contribution in [-0.2, 0) is 0 Å². The van der Waals surface area contributed by atoms with E-state index < -0.39 is 15.3 Å². The van der Waals surface area contributed by atoms with Crippen molar-refractivity contribution in [3.63, 3.8) is 0 Å². The van der Waals surface area contributed by atoms with E-state index in [1.54, 1.807) is 0 Å². The molecule has 0 aromatic heterocycles. The fourth-order valence-corrected chi connectivity index (χ4v) is 0. The molecule has 0 aromatic carbocycles. The Hall–Kier alpha value is -1.17. The van der Waals surface area contributed by atoms with Crippen LogP contribution < -0.4 is 0 Å². The minimum Gasteiger partial charge on any atom is -0.356 e. The average molecular weight is 355 g/mol. The molecule has 0 aromatic rings. The second-order valence-corrected chi connectivity index (χ2v) is 0.671. The molecule has 0 atom stereocenters. The summed E-state index contributed by atoms with van der Waals surface area (Å²) in [6.45, 7) is 0. The van der Waals surface area contributed by atoms with Crippen molar-refractivity contribution in [3.8, 4) is 0 Å². The van der Waals surface area contributed by atoms with Gasteiger partial charge in [0.2, 0.25) is 0 Å². The maximum absolute atomic E-state index is 8.25. The summed E-state index contributed by atoms with van der Waals surface area (Å²) in [4.78, 5) is 24.8.